The van der Waals surface area contributed by atoms with Crippen LogP contribution in [0.5, 0.6) is 0 Å². The van der Waals surface area contributed by atoms with Gasteiger partial charge in [-0.2, -0.15) is 0 Å². The molecule has 3 aliphatic rings. The molecule has 1 aliphatic carbocycles. The highest BCUT2D eigenvalue weighted by molar-refractivity contribution is 5.98. The summed E-state index contributed by atoms with van der Waals surface area (Å²) >= 11 is 0. The Morgan fingerprint density at radius 1 is 1.17 bits per heavy atom. The second-order valence-electron chi connectivity index (χ2n) is 8.31. The fourth-order valence-electron chi connectivity index (χ4n) is 4.82. The van der Waals surface area contributed by atoms with Crippen LogP contribution in [0.25, 0.3) is 0 Å². The Morgan fingerprint density at radius 3 is 2.69 bits per heavy atom. The van der Waals surface area contributed by atoms with Gasteiger partial charge in [0.15, 0.2) is 11.6 Å². The molecule has 8 heteroatoms. The van der Waals surface area contributed by atoms with Gasteiger partial charge in [0.05, 0.1) is 5.56 Å². The van der Waals surface area contributed by atoms with Gasteiger partial charge in [0.25, 0.3) is 5.91 Å². The van der Waals surface area contributed by atoms with Gasteiger partial charge in [-0.1, -0.05) is 38.2 Å². The largest absolute Gasteiger partial charge is 0.347 e. The summed E-state index contributed by atoms with van der Waals surface area (Å²) in [6, 6.07) is 1.77. The quantitative estimate of drug-likeness (QED) is 0.806. The summed E-state index contributed by atoms with van der Waals surface area (Å²) in [7, 11) is 0. The summed E-state index contributed by atoms with van der Waals surface area (Å²) in [4.78, 5) is 39.3. The molecule has 0 radical (unpaired) electrons. The molecule has 4 rings (SSSR count). The van der Waals surface area contributed by atoms with E-state index in [1.54, 1.807) is 0 Å². The molecule has 0 bridgehead atoms. The number of carbonyl (C=O) groups is 3. The first kappa shape index (κ1) is 19.8. The standard InChI is InChI=1S/C21H25F2N3O3/c22-15-8-4-7-14(18(15)23)19(27)24-13-10-17-20(28)25-16(21(29)26(17)11-13)9-12-5-2-1-3-6-12/h4,7-8,12-13,16-17H,1-3,5-6,9-11H2,(H,24,27)(H,25,28)/t13-,16-,17-/m0/s1. The fraction of sp³-hybridized carbons (Fsp3) is 0.571. The molecule has 1 saturated carbocycles. The Hall–Kier alpha value is -2.51. The van der Waals surface area contributed by atoms with Crippen molar-refractivity contribution in [3.8, 4) is 0 Å². The summed E-state index contributed by atoms with van der Waals surface area (Å²) < 4.78 is 27.2. The summed E-state index contributed by atoms with van der Waals surface area (Å²) in [6.07, 6.45) is 6.63. The highest BCUT2D eigenvalue weighted by atomic mass is 19.2. The van der Waals surface area contributed by atoms with E-state index in [1.165, 1.54) is 23.5 Å². The van der Waals surface area contributed by atoms with Crippen molar-refractivity contribution in [2.45, 2.75) is 63.1 Å². The Morgan fingerprint density at radius 2 is 1.93 bits per heavy atom. The zero-order valence-electron chi connectivity index (χ0n) is 16.1. The van der Waals surface area contributed by atoms with Gasteiger partial charge in [0.1, 0.15) is 12.1 Å². The molecule has 29 heavy (non-hydrogen) atoms. The SMILES string of the molecule is O=C(N[C@H]1C[C@H]2C(=O)N[C@@H](CC3CCCCC3)C(=O)N2C1)c1cccc(F)c1F. The lowest BCUT2D eigenvalue weighted by atomic mass is 9.84. The van der Waals surface area contributed by atoms with E-state index in [-0.39, 0.29) is 30.3 Å². The second kappa shape index (κ2) is 8.08. The zero-order valence-corrected chi connectivity index (χ0v) is 16.1. The minimum Gasteiger partial charge on any atom is -0.347 e. The molecule has 3 amide bonds. The Balaban J connectivity index is 1.40. The lowest BCUT2D eigenvalue weighted by Gasteiger charge is -2.36. The third kappa shape index (κ3) is 3.97. The monoisotopic (exact) mass is 405 g/mol. The van der Waals surface area contributed by atoms with Crippen molar-refractivity contribution in [2.24, 2.45) is 5.92 Å². The van der Waals surface area contributed by atoms with Crippen LogP contribution >= 0.6 is 0 Å². The number of amides is 3. The molecule has 2 heterocycles. The van der Waals surface area contributed by atoms with Gasteiger partial charge in [-0.05, 0) is 30.9 Å². The molecular weight excluding hydrogens is 380 g/mol. The highest BCUT2D eigenvalue weighted by Gasteiger charge is 2.47. The van der Waals surface area contributed by atoms with Crippen molar-refractivity contribution in [3.05, 3.63) is 35.4 Å². The van der Waals surface area contributed by atoms with Crippen molar-refractivity contribution in [1.82, 2.24) is 15.5 Å². The molecule has 156 valence electrons. The van der Waals surface area contributed by atoms with E-state index in [0.717, 1.165) is 31.7 Å². The van der Waals surface area contributed by atoms with Crippen LogP contribution in [-0.2, 0) is 9.59 Å². The van der Waals surface area contributed by atoms with Gasteiger partial charge in [-0.3, -0.25) is 14.4 Å². The number of carbonyl (C=O) groups excluding carboxylic acids is 3. The number of rotatable bonds is 4. The van der Waals surface area contributed by atoms with Crippen molar-refractivity contribution >= 4 is 17.7 Å². The first-order chi connectivity index (χ1) is 13.9. The smallest absolute Gasteiger partial charge is 0.254 e. The number of hydrogen-bond donors (Lipinski definition) is 2. The van der Waals surface area contributed by atoms with E-state index >= 15 is 0 Å². The molecule has 0 unspecified atom stereocenters. The van der Waals surface area contributed by atoms with Crippen LogP contribution in [0, 0.1) is 17.6 Å². The average Bonchev–Trinajstić information content (AvgIpc) is 3.13. The van der Waals surface area contributed by atoms with E-state index in [9.17, 15) is 23.2 Å². The number of hydrogen-bond acceptors (Lipinski definition) is 3. The van der Waals surface area contributed by atoms with Gasteiger partial charge in [-0.15, -0.1) is 0 Å². The summed E-state index contributed by atoms with van der Waals surface area (Å²) in [5.74, 6) is -2.93. The minimum atomic E-state index is -1.21. The van der Waals surface area contributed by atoms with Crippen LogP contribution in [0.4, 0.5) is 8.78 Å². The number of benzene rings is 1. The molecule has 1 aromatic carbocycles. The maximum absolute atomic E-state index is 13.9. The number of nitrogens with one attached hydrogen (secondary N) is 2. The predicted molar refractivity (Wildman–Crippen MR) is 101 cm³/mol. The number of fused-ring (bicyclic) bond motifs is 1. The third-order valence-electron chi connectivity index (χ3n) is 6.33. The number of halogens is 2. The van der Waals surface area contributed by atoms with Crippen LogP contribution in [0.15, 0.2) is 18.2 Å². The van der Waals surface area contributed by atoms with E-state index in [4.69, 9.17) is 0 Å². The first-order valence-electron chi connectivity index (χ1n) is 10.3. The molecule has 6 nitrogen and oxygen atoms in total. The van der Waals surface area contributed by atoms with E-state index in [2.05, 4.69) is 10.6 Å². The Kier molecular flexibility index (Phi) is 5.52. The highest BCUT2D eigenvalue weighted by Crippen LogP contribution is 2.30. The van der Waals surface area contributed by atoms with E-state index < -0.39 is 35.7 Å². The maximum atomic E-state index is 13.9. The Bertz CT molecular complexity index is 825. The van der Waals surface area contributed by atoms with Crippen LogP contribution in [0.3, 0.4) is 0 Å². The van der Waals surface area contributed by atoms with Gasteiger partial charge in [-0.25, -0.2) is 8.78 Å². The van der Waals surface area contributed by atoms with Gasteiger partial charge in [0, 0.05) is 12.6 Å². The fourth-order valence-corrected chi connectivity index (χ4v) is 4.82. The van der Waals surface area contributed by atoms with Gasteiger partial charge >= 0.3 is 0 Å². The van der Waals surface area contributed by atoms with Crippen LogP contribution in [-0.4, -0.2) is 47.3 Å². The van der Waals surface area contributed by atoms with Gasteiger partial charge < -0.3 is 15.5 Å². The van der Waals surface area contributed by atoms with Gasteiger partial charge in [0.2, 0.25) is 11.8 Å². The number of nitrogens with zero attached hydrogens (tertiary/aromatic N) is 1. The predicted octanol–water partition coefficient (Wildman–Crippen LogP) is 2.13. The van der Waals surface area contributed by atoms with Crippen LogP contribution in [0.1, 0.15) is 55.3 Å². The summed E-state index contributed by atoms with van der Waals surface area (Å²) in [5, 5.41) is 5.49. The molecule has 3 fully saturated rings. The van der Waals surface area contributed by atoms with Crippen molar-refractivity contribution < 1.29 is 23.2 Å². The lowest BCUT2D eigenvalue weighted by molar-refractivity contribution is -0.147. The molecule has 3 atom stereocenters. The van der Waals surface area contributed by atoms with Crippen molar-refractivity contribution in [1.29, 1.82) is 0 Å². The molecular formula is C21H25F2N3O3. The van der Waals surface area contributed by atoms with Crippen molar-refractivity contribution in [2.75, 3.05) is 6.54 Å². The Labute approximate surface area is 168 Å². The van der Waals surface area contributed by atoms with Crippen LogP contribution in [0.2, 0.25) is 0 Å². The lowest BCUT2D eigenvalue weighted by Crippen LogP contribution is -2.61. The summed E-state index contributed by atoms with van der Waals surface area (Å²) in [6.45, 7) is 0.195. The normalized spacial score (nSPS) is 27.5. The number of piperazine rings is 1. The molecule has 2 N–H and O–H groups in total. The second-order valence-corrected chi connectivity index (χ2v) is 8.31. The minimum absolute atomic E-state index is 0.117. The molecule has 2 saturated heterocycles. The summed E-state index contributed by atoms with van der Waals surface area (Å²) in [5.41, 5.74) is -0.388. The molecule has 2 aliphatic heterocycles. The van der Waals surface area contributed by atoms with Crippen LogP contribution < -0.4 is 10.6 Å². The maximum Gasteiger partial charge on any atom is 0.254 e. The third-order valence-corrected chi connectivity index (χ3v) is 6.33. The molecule has 1 aromatic rings. The van der Waals surface area contributed by atoms with E-state index in [0.29, 0.717) is 12.3 Å². The molecule has 0 aromatic heterocycles. The zero-order chi connectivity index (χ0) is 20.5. The van der Waals surface area contributed by atoms with E-state index in [1.807, 2.05) is 0 Å². The average molecular weight is 405 g/mol. The van der Waals surface area contributed by atoms with Crippen molar-refractivity contribution in [3.63, 3.8) is 0 Å². The molecule has 0 spiro atoms. The first-order valence-corrected chi connectivity index (χ1v) is 10.3. The topological polar surface area (TPSA) is 78.5 Å².